The van der Waals surface area contributed by atoms with E-state index >= 15 is 0 Å². The highest BCUT2D eigenvalue weighted by Crippen LogP contribution is 2.27. The fourth-order valence-corrected chi connectivity index (χ4v) is 1.86. The number of benzene rings is 1. The Labute approximate surface area is 114 Å². The Morgan fingerprint density at radius 3 is 2.72 bits per heavy atom. The monoisotopic (exact) mass is 316 g/mol. The number of nitro benzene ring substituents is 1. The minimum Gasteiger partial charge on any atom is -0.393 e. The zero-order valence-corrected chi connectivity index (χ0v) is 12.0. The summed E-state index contributed by atoms with van der Waals surface area (Å²) in [5.41, 5.74) is 0.502. The Morgan fingerprint density at radius 2 is 2.17 bits per heavy atom. The molecular weight excluding hydrogens is 300 g/mol. The van der Waals surface area contributed by atoms with Gasteiger partial charge in [0, 0.05) is 17.1 Å². The van der Waals surface area contributed by atoms with E-state index in [1.54, 1.807) is 12.1 Å². The third-order valence-electron chi connectivity index (χ3n) is 2.68. The molecule has 6 heteroatoms. The van der Waals surface area contributed by atoms with Crippen molar-refractivity contribution in [3.63, 3.8) is 0 Å². The summed E-state index contributed by atoms with van der Waals surface area (Å²) in [6, 6.07) is 4.75. The quantitative estimate of drug-likeness (QED) is 0.624. The van der Waals surface area contributed by atoms with Gasteiger partial charge in [0.25, 0.3) is 5.69 Å². The molecule has 0 aromatic heterocycles. The van der Waals surface area contributed by atoms with Gasteiger partial charge in [0.15, 0.2) is 0 Å². The number of hydrogen-bond donors (Lipinski definition) is 2. The molecule has 1 atom stereocenters. The molecule has 0 amide bonds. The minimum atomic E-state index is -0.423. The van der Waals surface area contributed by atoms with Crippen molar-refractivity contribution in [1.82, 2.24) is 0 Å². The number of nitrogens with one attached hydrogen (secondary N) is 1. The lowest BCUT2D eigenvalue weighted by Crippen LogP contribution is -2.19. The van der Waals surface area contributed by atoms with Crippen molar-refractivity contribution in [3.8, 4) is 0 Å². The highest BCUT2D eigenvalue weighted by atomic mass is 79.9. The van der Waals surface area contributed by atoms with E-state index in [0.29, 0.717) is 18.7 Å². The highest BCUT2D eigenvalue weighted by Gasteiger charge is 2.14. The van der Waals surface area contributed by atoms with Crippen LogP contribution in [0.15, 0.2) is 22.7 Å². The van der Waals surface area contributed by atoms with Gasteiger partial charge in [0.05, 0.1) is 11.0 Å². The van der Waals surface area contributed by atoms with Crippen molar-refractivity contribution in [1.29, 1.82) is 0 Å². The summed E-state index contributed by atoms with van der Waals surface area (Å²) in [5, 5.41) is 23.5. The van der Waals surface area contributed by atoms with Gasteiger partial charge in [0.2, 0.25) is 0 Å². The van der Waals surface area contributed by atoms with Crippen LogP contribution in [-0.2, 0) is 0 Å². The van der Waals surface area contributed by atoms with E-state index in [1.807, 2.05) is 13.8 Å². The van der Waals surface area contributed by atoms with E-state index < -0.39 is 11.0 Å². The molecule has 2 N–H and O–H groups in total. The van der Waals surface area contributed by atoms with Crippen molar-refractivity contribution in [2.24, 2.45) is 5.92 Å². The summed E-state index contributed by atoms with van der Waals surface area (Å²) < 4.78 is 0.778. The molecule has 0 radical (unpaired) electrons. The first kappa shape index (κ1) is 14.9. The fraction of sp³-hybridized carbons (Fsp3) is 0.500. The van der Waals surface area contributed by atoms with Gasteiger partial charge in [-0.15, -0.1) is 0 Å². The Kier molecular flexibility index (Phi) is 5.55. The summed E-state index contributed by atoms with van der Waals surface area (Å²) in [7, 11) is 0. The van der Waals surface area contributed by atoms with Gasteiger partial charge in [-0.2, -0.15) is 0 Å². The molecule has 0 heterocycles. The first-order valence-corrected chi connectivity index (χ1v) is 6.57. The molecule has 0 aliphatic carbocycles. The Bertz CT molecular complexity index is 424. The van der Waals surface area contributed by atoms with Crippen LogP contribution in [0.4, 0.5) is 11.4 Å². The summed E-state index contributed by atoms with van der Waals surface area (Å²) in [4.78, 5) is 10.4. The van der Waals surface area contributed by atoms with Gasteiger partial charge in [-0.05, 0) is 24.5 Å². The van der Waals surface area contributed by atoms with Gasteiger partial charge in [-0.3, -0.25) is 10.1 Å². The topological polar surface area (TPSA) is 75.4 Å². The van der Waals surface area contributed by atoms with E-state index in [2.05, 4.69) is 21.2 Å². The van der Waals surface area contributed by atoms with Crippen molar-refractivity contribution >= 4 is 27.3 Å². The van der Waals surface area contributed by atoms with Gasteiger partial charge < -0.3 is 10.4 Å². The van der Waals surface area contributed by atoms with Crippen LogP contribution in [0.5, 0.6) is 0 Å². The zero-order chi connectivity index (χ0) is 13.7. The molecule has 0 fully saturated rings. The molecule has 1 rings (SSSR count). The van der Waals surface area contributed by atoms with Crippen LogP contribution in [0.1, 0.15) is 20.3 Å². The van der Waals surface area contributed by atoms with Gasteiger partial charge in [-0.25, -0.2) is 0 Å². The van der Waals surface area contributed by atoms with Crippen molar-refractivity contribution < 1.29 is 10.0 Å². The molecule has 5 nitrogen and oxygen atoms in total. The van der Waals surface area contributed by atoms with Gasteiger partial charge >= 0.3 is 0 Å². The summed E-state index contributed by atoms with van der Waals surface area (Å²) in [6.07, 6.45) is 0.158. The van der Waals surface area contributed by atoms with Crippen LogP contribution < -0.4 is 5.32 Å². The van der Waals surface area contributed by atoms with Gasteiger partial charge in [-0.1, -0.05) is 29.8 Å². The number of halogens is 1. The van der Waals surface area contributed by atoms with E-state index in [0.717, 1.165) is 4.47 Å². The van der Waals surface area contributed by atoms with Crippen molar-refractivity contribution in [2.75, 3.05) is 11.9 Å². The lowest BCUT2D eigenvalue weighted by molar-refractivity contribution is -0.384. The number of nitro groups is 1. The summed E-state index contributed by atoms with van der Waals surface area (Å²) in [6.45, 7) is 4.37. The second-order valence-corrected chi connectivity index (χ2v) is 5.36. The van der Waals surface area contributed by atoms with Crippen molar-refractivity contribution in [3.05, 3.63) is 32.8 Å². The van der Waals surface area contributed by atoms with Crippen LogP contribution in [0.25, 0.3) is 0 Å². The molecule has 0 saturated carbocycles. The van der Waals surface area contributed by atoms with Crippen LogP contribution in [0, 0.1) is 16.0 Å². The number of anilines is 1. The normalized spacial score (nSPS) is 12.5. The average Bonchev–Trinajstić information content (AvgIpc) is 2.28. The van der Waals surface area contributed by atoms with E-state index in [1.165, 1.54) is 6.07 Å². The Balaban J connectivity index is 2.66. The first-order valence-electron chi connectivity index (χ1n) is 5.77. The second-order valence-electron chi connectivity index (χ2n) is 4.45. The third-order valence-corrected chi connectivity index (χ3v) is 3.17. The average molecular weight is 317 g/mol. The van der Waals surface area contributed by atoms with Crippen LogP contribution in [0.2, 0.25) is 0 Å². The number of rotatable bonds is 6. The lowest BCUT2D eigenvalue weighted by Gasteiger charge is -2.15. The molecule has 0 spiro atoms. The minimum absolute atomic E-state index is 0.0391. The molecule has 1 aromatic carbocycles. The predicted octanol–water partition coefficient (Wildman–Crippen LogP) is 3.18. The maximum atomic E-state index is 10.8. The lowest BCUT2D eigenvalue weighted by atomic mass is 10.0. The maximum Gasteiger partial charge on any atom is 0.292 e. The number of aliphatic hydroxyl groups excluding tert-OH is 1. The molecule has 100 valence electrons. The van der Waals surface area contributed by atoms with Crippen LogP contribution in [-0.4, -0.2) is 22.7 Å². The fourth-order valence-electron chi connectivity index (χ4n) is 1.50. The number of nitrogens with zero attached hydrogens (tertiary/aromatic N) is 1. The molecule has 0 aliphatic rings. The van der Waals surface area contributed by atoms with Crippen molar-refractivity contribution in [2.45, 2.75) is 26.4 Å². The van der Waals surface area contributed by atoms with Crippen LogP contribution in [0.3, 0.4) is 0 Å². The first-order chi connectivity index (χ1) is 8.41. The van der Waals surface area contributed by atoms with E-state index in [9.17, 15) is 15.2 Å². The summed E-state index contributed by atoms with van der Waals surface area (Å²) in [5.74, 6) is 0.185. The highest BCUT2D eigenvalue weighted by molar-refractivity contribution is 9.10. The Morgan fingerprint density at radius 1 is 1.50 bits per heavy atom. The number of hydrogen-bond acceptors (Lipinski definition) is 4. The predicted molar refractivity (Wildman–Crippen MR) is 74.7 cm³/mol. The SMILES string of the molecule is CC(C)C(O)CCNc1cc(Br)ccc1[N+](=O)[O-]. The molecule has 1 aromatic rings. The summed E-state index contributed by atoms with van der Waals surface area (Å²) >= 11 is 3.28. The molecule has 1 unspecified atom stereocenters. The largest absolute Gasteiger partial charge is 0.393 e. The van der Waals surface area contributed by atoms with E-state index in [-0.39, 0.29) is 11.6 Å². The molecular formula is C12H17BrN2O3. The molecule has 18 heavy (non-hydrogen) atoms. The molecule has 0 saturated heterocycles. The molecule has 0 bridgehead atoms. The van der Waals surface area contributed by atoms with Crippen LogP contribution >= 0.6 is 15.9 Å². The molecule has 0 aliphatic heterocycles. The number of aliphatic hydroxyl groups is 1. The van der Waals surface area contributed by atoms with Gasteiger partial charge in [0.1, 0.15) is 5.69 Å². The maximum absolute atomic E-state index is 10.8. The standard InChI is InChI=1S/C12H17BrN2O3/c1-8(2)12(16)5-6-14-10-7-9(13)3-4-11(10)15(17)18/h3-4,7-8,12,14,16H,5-6H2,1-2H3. The smallest absolute Gasteiger partial charge is 0.292 e. The second kappa shape index (κ2) is 6.70. The zero-order valence-electron chi connectivity index (χ0n) is 10.4. The Hall–Kier alpha value is -1.14. The third kappa shape index (κ3) is 4.27. The van der Waals surface area contributed by atoms with E-state index in [4.69, 9.17) is 0 Å².